The topological polar surface area (TPSA) is 555 Å². The van der Waals surface area contributed by atoms with Crippen molar-refractivity contribution in [3.63, 3.8) is 0 Å². The molecule has 22 N–H and O–H groups in total. The van der Waals surface area contributed by atoms with E-state index in [-0.39, 0.29) is 80.7 Å². The summed E-state index contributed by atoms with van der Waals surface area (Å²) in [5.74, 6) is -15.4. The lowest BCUT2D eigenvalue weighted by Gasteiger charge is -2.30. The number of rotatable bonds is 24. The maximum atomic E-state index is 15.3. The second kappa shape index (κ2) is 41.6. The van der Waals surface area contributed by atoms with Crippen molar-refractivity contribution in [3.05, 3.63) is 101 Å². The number of carboxylic acids is 2. The normalized spacial score (nSPS) is 23.1. The molecule has 3 aliphatic rings. The van der Waals surface area contributed by atoms with Crippen LogP contribution in [0.2, 0.25) is 5.02 Å². The molecule has 11 atom stereocenters. The minimum absolute atomic E-state index is 0.0195. The fourth-order valence-corrected chi connectivity index (χ4v) is 15.2. The second-order valence-electron chi connectivity index (χ2n) is 26.6. The number of phenolic OH excluding ortho intramolecular Hbond substituents is 1. The number of nitrogens with zero attached hydrogens (tertiary/aromatic N) is 2. The first-order valence-electron chi connectivity index (χ1n) is 35.2. The van der Waals surface area contributed by atoms with Crippen molar-refractivity contribution in [1.29, 1.82) is 0 Å². The number of phenols is 1. The van der Waals surface area contributed by atoms with Gasteiger partial charge in [-0.05, 0) is 105 Å². The Balaban J connectivity index is 1.28. The minimum atomic E-state index is -1.76. The average Bonchev–Trinajstić information content (AvgIpc) is 1.74. The number of aromatic amines is 1. The number of halogens is 1. The highest BCUT2D eigenvalue weighted by atomic mass is 35.5. The number of carbonyl (C=O) groups is 14. The summed E-state index contributed by atoms with van der Waals surface area (Å²) in [6.45, 7) is 1.40. The van der Waals surface area contributed by atoms with Crippen molar-refractivity contribution in [2.24, 2.45) is 33.8 Å². The Bertz CT molecular complexity index is 3880. The van der Waals surface area contributed by atoms with E-state index in [9.17, 15) is 68.1 Å². The quantitative estimate of drug-likeness (QED) is 0.0173. The molecule has 1 saturated carbocycles. The van der Waals surface area contributed by atoms with Crippen LogP contribution in [0.4, 0.5) is 0 Å². The molecule has 3 fully saturated rings. The number of fused-ring (bicyclic) bond motifs is 1. The molecule has 580 valence electrons. The molecular weight excluding hydrogens is 1450 g/mol. The zero-order chi connectivity index (χ0) is 77.9. The predicted octanol–water partition coefficient (Wildman–Crippen LogP) is -0.994. The molecule has 4 aromatic rings. The number of carboxylic acid groups (broad SMARTS) is 2. The summed E-state index contributed by atoms with van der Waals surface area (Å²) in [5.41, 5.74) is 24.9. The number of hydrogen-bond acceptors (Lipinski definition) is 19. The summed E-state index contributed by atoms with van der Waals surface area (Å²) in [4.78, 5) is 206. The number of benzene rings is 3. The number of amides is 12. The molecule has 2 aliphatic heterocycles. The van der Waals surface area contributed by atoms with Crippen LogP contribution in [0.5, 0.6) is 5.75 Å². The lowest BCUT2D eigenvalue weighted by atomic mass is 9.95. The highest BCUT2D eigenvalue weighted by Gasteiger charge is 2.41. The molecule has 0 bridgehead atoms. The van der Waals surface area contributed by atoms with Crippen molar-refractivity contribution in [2.45, 2.75) is 183 Å². The third-order valence-electron chi connectivity index (χ3n) is 18.2. The van der Waals surface area contributed by atoms with Crippen molar-refractivity contribution in [3.8, 4) is 5.75 Å². The largest absolute Gasteiger partial charge is 0.508 e. The van der Waals surface area contributed by atoms with Gasteiger partial charge in [0.15, 0.2) is 5.96 Å². The number of para-hydroxylation sites is 1. The molecule has 0 radical (unpaired) electrons. The van der Waals surface area contributed by atoms with Crippen LogP contribution in [0.3, 0.4) is 0 Å². The summed E-state index contributed by atoms with van der Waals surface area (Å²) in [7, 11) is 1.73. The minimum Gasteiger partial charge on any atom is -0.508 e. The van der Waals surface area contributed by atoms with Gasteiger partial charge in [-0.25, -0.2) is 0 Å². The molecule has 3 heterocycles. The SMILES string of the molecule is C[C@@H](N)CC(=O)N1CCC[C@H]1C(=O)N[C@@H](Cc1ccc(O)cc1)C(=O)N[C@H]1CSSC[C@H](C(N)=O)NC(=O)[C@H](CCC(=O)O)NC(=O)[C@H](Cc2c[nH]c3ccccc23)NC(=O)[C@H](CCC(=O)O)NC(=O)CCNC(=O)[C@H](CCCN=C(N)N)NC(=O)[C@H](Cc2ccccc2Cl)NC(=O)[C@H](C2CCCC2)NC1=O. The van der Waals surface area contributed by atoms with Gasteiger partial charge >= 0.3 is 11.9 Å². The van der Waals surface area contributed by atoms with E-state index >= 15 is 14.4 Å². The molecule has 0 unspecified atom stereocenters. The summed E-state index contributed by atoms with van der Waals surface area (Å²) >= 11 is 6.69. The first-order chi connectivity index (χ1) is 51.0. The summed E-state index contributed by atoms with van der Waals surface area (Å²) in [5, 5.41) is 57.0. The Morgan fingerprint density at radius 3 is 1.90 bits per heavy atom. The molecule has 1 aliphatic carbocycles. The molecule has 34 nitrogen and oxygen atoms in total. The number of H-pyrrole nitrogens is 1. The first-order valence-corrected chi connectivity index (χ1v) is 38.0. The maximum absolute atomic E-state index is 15.3. The van der Waals surface area contributed by atoms with Gasteiger partial charge in [-0.1, -0.05) is 94.6 Å². The van der Waals surface area contributed by atoms with E-state index < -0.39 is 199 Å². The maximum Gasteiger partial charge on any atom is 0.303 e. The van der Waals surface area contributed by atoms with Gasteiger partial charge in [0.1, 0.15) is 66.2 Å². The van der Waals surface area contributed by atoms with Gasteiger partial charge in [-0.3, -0.25) is 72.1 Å². The van der Waals surface area contributed by atoms with Gasteiger partial charge in [-0.15, -0.1) is 0 Å². The molecule has 37 heteroatoms. The zero-order valence-corrected chi connectivity index (χ0v) is 61.3. The number of aliphatic carboxylic acids is 2. The highest BCUT2D eigenvalue weighted by molar-refractivity contribution is 8.76. The van der Waals surface area contributed by atoms with Crippen LogP contribution in [0.1, 0.15) is 114 Å². The number of nitrogens with two attached hydrogens (primary N) is 4. The van der Waals surface area contributed by atoms with Crippen LogP contribution >= 0.6 is 33.2 Å². The summed E-state index contributed by atoms with van der Waals surface area (Å²) in [6.07, 6.45) is 0.227. The van der Waals surface area contributed by atoms with Crippen molar-refractivity contribution in [1.82, 2.24) is 63.1 Å². The average molecular weight is 1550 g/mol. The van der Waals surface area contributed by atoms with E-state index in [1.165, 1.54) is 29.2 Å². The second-order valence-corrected chi connectivity index (χ2v) is 29.5. The van der Waals surface area contributed by atoms with Gasteiger partial charge in [0, 0.05) is 104 Å². The van der Waals surface area contributed by atoms with E-state index in [1.54, 1.807) is 61.7 Å². The third-order valence-corrected chi connectivity index (χ3v) is 21.0. The van der Waals surface area contributed by atoms with Crippen LogP contribution in [-0.4, -0.2) is 212 Å². The van der Waals surface area contributed by atoms with Gasteiger partial charge in [0.05, 0.1) is 0 Å². The number of likely N-dealkylation sites (tertiary alicyclic amines) is 1. The van der Waals surface area contributed by atoms with E-state index in [0.717, 1.165) is 21.6 Å². The number of aliphatic imine (C=N–C) groups is 1. The number of aromatic hydroxyl groups is 1. The molecular formula is C70H94ClN17O17S2. The number of carbonyl (C=O) groups excluding carboxylic acids is 12. The van der Waals surface area contributed by atoms with Crippen LogP contribution in [0.25, 0.3) is 10.9 Å². The number of primary amides is 1. The van der Waals surface area contributed by atoms with Crippen LogP contribution in [0, 0.1) is 5.92 Å². The molecule has 12 amide bonds. The van der Waals surface area contributed by atoms with Crippen LogP contribution in [-0.2, 0) is 86.4 Å². The summed E-state index contributed by atoms with van der Waals surface area (Å²) < 4.78 is 0. The van der Waals surface area contributed by atoms with Gasteiger partial charge in [-0.2, -0.15) is 0 Å². The Morgan fingerprint density at radius 2 is 1.25 bits per heavy atom. The first kappa shape index (κ1) is 84.1. The Morgan fingerprint density at radius 1 is 0.664 bits per heavy atom. The Labute approximate surface area is 629 Å². The van der Waals surface area contributed by atoms with E-state index in [4.69, 9.17) is 34.5 Å². The van der Waals surface area contributed by atoms with Crippen molar-refractivity contribution >= 4 is 133 Å². The third kappa shape index (κ3) is 26.7. The van der Waals surface area contributed by atoms with Gasteiger partial charge in [0.25, 0.3) is 0 Å². The van der Waals surface area contributed by atoms with Gasteiger partial charge in [0.2, 0.25) is 70.9 Å². The highest BCUT2D eigenvalue weighted by Crippen LogP contribution is 2.30. The fourth-order valence-electron chi connectivity index (χ4n) is 12.6. The molecule has 3 aromatic carbocycles. The smallest absolute Gasteiger partial charge is 0.303 e. The van der Waals surface area contributed by atoms with Crippen molar-refractivity contribution < 1.29 is 82.4 Å². The number of hydrogen-bond donors (Lipinski definition) is 18. The van der Waals surface area contributed by atoms with E-state index in [2.05, 4.69) is 63.1 Å². The van der Waals surface area contributed by atoms with Crippen molar-refractivity contribution in [2.75, 3.05) is 31.1 Å². The standard InChI is InChI=1S/C70H94ClN17O17S2/c1-37(72)30-56(91)88-29-9-17-54(88)68(104)83-49(31-38-18-20-42(89)21-19-38)64(100)86-53-36-107-106-35-52(60(73)96)85-63(99)48(23-25-58(94)95)81-66(102)51(33-41-34-78-45-15-7-5-13-43(41)45)82-62(98)47(22-24-57(92)93)79-55(90)26-28-76-61(97)46(16-8-27-77-70(74)75)80-65(101)50(32-40-12-4-6-14-44(40)71)84-69(105)59(87-67(53)103)39-10-2-3-11-39/h4-7,12-15,18-21,34,37,39,46-54,59,78,89H,2-3,8-11,16-17,22-33,35-36,72H2,1H3,(H2,73,96)(H,76,97)(H,79,90)(H,80,101)(H,81,102)(H,82,98)(H,83,104)(H,84,105)(H,85,99)(H,86,100)(H,87,103)(H,92,93)(H,94,95)(H4,74,75,77)/t37-,46+,47+,48+,49+,50+,51+,52-,53+,54+,59+/m1/s1. The van der Waals surface area contributed by atoms with E-state index in [0.29, 0.717) is 59.7 Å². The molecule has 1 aromatic heterocycles. The molecule has 0 spiro atoms. The number of nitrogens with one attached hydrogen (secondary N) is 11. The fraction of sp³-hybridized carbons (Fsp3) is 0.500. The van der Waals surface area contributed by atoms with Crippen LogP contribution < -0.4 is 76.1 Å². The molecule has 2 saturated heterocycles. The lowest BCUT2D eigenvalue weighted by molar-refractivity contribution is -0.140. The Kier molecular flexibility index (Phi) is 32.7. The molecule has 107 heavy (non-hydrogen) atoms. The summed E-state index contributed by atoms with van der Waals surface area (Å²) in [6, 6.07) is 3.28. The van der Waals surface area contributed by atoms with Gasteiger partial charge < -0.3 is 101 Å². The Hall–Kier alpha value is -10.2. The lowest BCUT2D eigenvalue weighted by Crippen LogP contribution is -2.61. The number of guanidine groups is 1. The zero-order valence-electron chi connectivity index (χ0n) is 58.9. The van der Waals surface area contributed by atoms with Crippen LogP contribution in [0.15, 0.2) is 84.0 Å². The molecule has 7 rings (SSSR count). The monoisotopic (exact) mass is 1540 g/mol. The predicted molar refractivity (Wildman–Crippen MR) is 397 cm³/mol. The number of aromatic nitrogens is 1. The van der Waals surface area contributed by atoms with E-state index in [1.807, 2.05) is 0 Å².